The van der Waals surface area contributed by atoms with Crippen molar-refractivity contribution in [3.8, 4) is 0 Å². The van der Waals surface area contributed by atoms with Crippen molar-refractivity contribution in [2.75, 3.05) is 0 Å². The molecule has 2 N–H and O–H groups in total. The van der Waals surface area contributed by atoms with Crippen LogP contribution in [0.5, 0.6) is 0 Å². The number of rotatable bonds is 2. The van der Waals surface area contributed by atoms with E-state index in [9.17, 15) is 0 Å². The lowest BCUT2D eigenvalue weighted by molar-refractivity contribution is -0.0155. The van der Waals surface area contributed by atoms with Gasteiger partial charge in [-0.05, 0) is 56.3 Å². The zero-order valence-corrected chi connectivity index (χ0v) is 10.2. The number of nitrogens with zero attached hydrogens (tertiary/aromatic N) is 1. The SMILES string of the molecule is NCc1ncc(C23CC4CC(CC(C4)C2)C3)o1. The molecule has 17 heavy (non-hydrogen) atoms. The molecule has 0 amide bonds. The van der Waals surface area contributed by atoms with Crippen molar-refractivity contribution in [1.29, 1.82) is 0 Å². The van der Waals surface area contributed by atoms with E-state index in [1.54, 1.807) is 0 Å². The molecule has 0 unspecified atom stereocenters. The van der Waals surface area contributed by atoms with E-state index in [1.165, 1.54) is 38.5 Å². The highest BCUT2D eigenvalue weighted by Crippen LogP contribution is 2.60. The van der Waals surface area contributed by atoms with E-state index in [2.05, 4.69) is 4.98 Å². The van der Waals surface area contributed by atoms with Gasteiger partial charge >= 0.3 is 0 Å². The van der Waals surface area contributed by atoms with Crippen LogP contribution in [-0.4, -0.2) is 4.98 Å². The van der Waals surface area contributed by atoms with E-state index in [0.717, 1.165) is 23.5 Å². The molecule has 4 fully saturated rings. The van der Waals surface area contributed by atoms with Crippen molar-refractivity contribution in [3.63, 3.8) is 0 Å². The Morgan fingerprint density at radius 3 is 2.24 bits per heavy atom. The predicted octanol–water partition coefficient (Wildman–Crippen LogP) is 2.60. The third-order valence-electron chi connectivity index (χ3n) is 5.29. The zero-order chi connectivity index (χ0) is 11.5. The van der Waals surface area contributed by atoms with Gasteiger partial charge in [0.2, 0.25) is 5.89 Å². The minimum atomic E-state index is 0.329. The summed E-state index contributed by atoms with van der Waals surface area (Å²) in [5.41, 5.74) is 5.93. The summed E-state index contributed by atoms with van der Waals surface area (Å²) < 4.78 is 5.88. The molecule has 3 nitrogen and oxygen atoms in total. The van der Waals surface area contributed by atoms with Crippen LogP contribution in [0.3, 0.4) is 0 Å². The first kappa shape index (κ1) is 10.1. The molecule has 0 atom stereocenters. The maximum absolute atomic E-state index is 5.88. The average Bonchev–Trinajstić information content (AvgIpc) is 2.76. The summed E-state index contributed by atoms with van der Waals surface area (Å²) in [6.45, 7) is 0.423. The van der Waals surface area contributed by atoms with Gasteiger partial charge in [-0.1, -0.05) is 0 Å². The van der Waals surface area contributed by atoms with Gasteiger partial charge in [0.15, 0.2) is 0 Å². The molecule has 4 bridgehead atoms. The molecule has 1 aromatic rings. The summed E-state index contributed by atoms with van der Waals surface area (Å²) in [5.74, 6) is 4.70. The zero-order valence-electron chi connectivity index (χ0n) is 10.2. The number of oxazole rings is 1. The second-order valence-electron chi connectivity index (χ2n) is 6.52. The lowest BCUT2D eigenvalue weighted by atomic mass is 9.49. The van der Waals surface area contributed by atoms with Gasteiger partial charge < -0.3 is 10.2 Å². The fourth-order valence-electron chi connectivity index (χ4n) is 5.06. The first-order chi connectivity index (χ1) is 8.27. The van der Waals surface area contributed by atoms with Crippen LogP contribution in [0.15, 0.2) is 10.6 Å². The van der Waals surface area contributed by atoms with Crippen molar-refractivity contribution >= 4 is 0 Å². The first-order valence-electron chi connectivity index (χ1n) is 6.93. The van der Waals surface area contributed by atoms with Crippen LogP contribution >= 0.6 is 0 Å². The maximum Gasteiger partial charge on any atom is 0.208 e. The van der Waals surface area contributed by atoms with Gasteiger partial charge in [-0.3, -0.25) is 0 Å². The topological polar surface area (TPSA) is 52.0 Å². The second-order valence-corrected chi connectivity index (χ2v) is 6.52. The van der Waals surface area contributed by atoms with Crippen LogP contribution in [0.1, 0.15) is 50.2 Å². The second kappa shape index (κ2) is 3.35. The lowest BCUT2D eigenvalue weighted by Crippen LogP contribution is -2.48. The van der Waals surface area contributed by atoms with Gasteiger partial charge in [0.1, 0.15) is 5.76 Å². The summed E-state index contributed by atoms with van der Waals surface area (Å²) >= 11 is 0. The minimum absolute atomic E-state index is 0.329. The summed E-state index contributed by atoms with van der Waals surface area (Å²) in [6.07, 6.45) is 10.4. The van der Waals surface area contributed by atoms with Crippen LogP contribution in [0.4, 0.5) is 0 Å². The first-order valence-corrected chi connectivity index (χ1v) is 6.93. The Kier molecular flexibility index (Phi) is 1.99. The molecule has 4 aliphatic rings. The predicted molar refractivity (Wildman–Crippen MR) is 64.2 cm³/mol. The minimum Gasteiger partial charge on any atom is -0.444 e. The van der Waals surface area contributed by atoms with E-state index in [1.807, 2.05) is 6.20 Å². The van der Waals surface area contributed by atoms with Crippen molar-refractivity contribution in [1.82, 2.24) is 4.98 Å². The fraction of sp³-hybridized carbons (Fsp3) is 0.786. The highest BCUT2D eigenvalue weighted by Gasteiger charge is 2.53. The average molecular weight is 232 g/mol. The van der Waals surface area contributed by atoms with E-state index < -0.39 is 0 Å². The molecule has 3 heteroatoms. The number of aromatic nitrogens is 1. The van der Waals surface area contributed by atoms with Crippen molar-refractivity contribution < 1.29 is 4.42 Å². The van der Waals surface area contributed by atoms with Crippen LogP contribution in [0.2, 0.25) is 0 Å². The van der Waals surface area contributed by atoms with Gasteiger partial charge in [-0.15, -0.1) is 0 Å². The summed E-state index contributed by atoms with van der Waals surface area (Å²) in [6, 6.07) is 0. The molecule has 5 rings (SSSR count). The van der Waals surface area contributed by atoms with Crippen LogP contribution in [0, 0.1) is 17.8 Å². The van der Waals surface area contributed by atoms with Gasteiger partial charge in [0, 0.05) is 5.41 Å². The highest BCUT2D eigenvalue weighted by molar-refractivity contribution is 5.19. The Morgan fingerprint density at radius 1 is 1.18 bits per heavy atom. The molecule has 1 aromatic heterocycles. The standard InChI is InChI=1S/C14H20N2O/c15-7-13-16-8-12(17-13)14-4-9-1-10(5-14)3-11(2-9)6-14/h8-11H,1-7,15H2. The number of hydrogen-bond acceptors (Lipinski definition) is 3. The number of nitrogens with two attached hydrogens (primary N) is 1. The van der Waals surface area contributed by atoms with Gasteiger partial charge in [0.05, 0.1) is 12.7 Å². The smallest absolute Gasteiger partial charge is 0.208 e. The van der Waals surface area contributed by atoms with Crippen LogP contribution < -0.4 is 5.73 Å². The third-order valence-corrected chi connectivity index (χ3v) is 5.29. The van der Waals surface area contributed by atoms with E-state index in [0.29, 0.717) is 17.9 Å². The lowest BCUT2D eigenvalue weighted by Gasteiger charge is -2.55. The Morgan fingerprint density at radius 2 is 1.76 bits per heavy atom. The van der Waals surface area contributed by atoms with Crippen molar-refractivity contribution in [2.45, 2.75) is 50.5 Å². The van der Waals surface area contributed by atoms with E-state index in [-0.39, 0.29) is 0 Å². The summed E-state index contributed by atoms with van der Waals surface area (Å²) in [5, 5.41) is 0. The van der Waals surface area contributed by atoms with Crippen molar-refractivity contribution in [2.24, 2.45) is 23.5 Å². The fourth-order valence-corrected chi connectivity index (χ4v) is 5.06. The molecular weight excluding hydrogens is 212 g/mol. The Hall–Kier alpha value is -0.830. The molecular formula is C14H20N2O. The Labute approximate surface area is 102 Å². The molecule has 0 saturated heterocycles. The summed E-state index contributed by atoms with van der Waals surface area (Å²) in [4.78, 5) is 4.30. The maximum atomic E-state index is 5.88. The van der Waals surface area contributed by atoms with Crippen molar-refractivity contribution in [3.05, 3.63) is 17.8 Å². The molecule has 0 spiro atoms. The molecule has 4 aliphatic carbocycles. The molecule has 4 saturated carbocycles. The molecule has 92 valence electrons. The molecule has 0 aliphatic heterocycles. The van der Waals surface area contributed by atoms with E-state index in [4.69, 9.17) is 10.2 Å². The monoisotopic (exact) mass is 232 g/mol. The van der Waals surface area contributed by atoms with Gasteiger partial charge in [0.25, 0.3) is 0 Å². The molecule has 0 radical (unpaired) electrons. The van der Waals surface area contributed by atoms with Crippen LogP contribution in [-0.2, 0) is 12.0 Å². The molecule has 1 heterocycles. The van der Waals surface area contributed by atoms with Gasteiger partial charge in [-0.25, -0.2) is 4.98 Å². The highest BCUT2D eigenvalue weighted by atomic mass is 16.4. The van der Waals surface area contributed by atoms with Gasteiger partial charge in [-0.2, -0.15) is 0 Å². The molecule has 0 aromatic carbocycles. The Balaban J connectivity index is 1.72. The number of hydrogen-bond donors (Lipinski definition) is 1. The normalized spacial score (nSPS) is 43.2. The third kappa shape index (κ3) is 1.41. The quantitative estimate of drug-likeness (QED) is 0.852. The summed E-state index contributed by atoms with van der Waals surface area (Å²) in [7, 11) is 0. The Bertz CT molecular complexity index is 402. The van der Waals surface area contributed by atoms with E-state index >= 15 is 0 Å². The largest absolute Gasteiger partial charge is 0.444 e. The van der Waals surface area contributed by atoms with Crippen LogP contribution in [0.25, 0.3) is 0 Å².